The summed E-state index contributed by atoms with van der Waals surface area (Å²) in [6.45, 7) is 8.05. The molecule has 0 radical (unpaired) electrons. The first kappa shape index (κ1) is 19.2. The standard InChI is InChI=1S/C16H26N4O.HI/c1-13-11-20(12-14(2)21-13)10-6-9-18-16(17)19-15-7-4-3-5-8-15;/h3-5,7-8,13-14H,6,9-12H2,1-2H3,(H3,17,18,19);1H. The summed E-state index contributed by atoms with van der Waals surface area (Å²) < 4.78 is 5.73. The van der Waals surface area contributed by atoms with Crippen molar-refractivity contribution in [3.63, 3.8) is 0 Å². The molecule has 1 aliphatic heterocycles. The van der Waals surface area contributed by atoms with E-state index < -0.39 is 0 Å². The zero-order valence-corrected chi connectivity index (χ0v) is 15.7. The van der Waals surface area contributed by atoms with Crippen molar-refractivity contribution in [2.24, 2.45) is 10.7 Å². The zero-order valence-electron chi connectivity index (χ0n) is 13.4. The molecule has 0 aromatic heterocycles. The summed E-state index contributed by atoms with van der Waals surface area (Å²) in [6, 6.07) is 9.85. The van der Waals surface area contributed by atoms with E-state index in [9.17, 15) is 0 Å². The largest absolute Gasteiger partial charge is 0.373 e. The minimum atomic E-state index is 0. The molecule has 1 aliphatic rings. The number of morpholine rings is 1. The van der Waals surface area contributed by atoms with Gasteiger partial charge in [-0.05, 0) is 32.4 Å². The maximum absolute atomic E-state index is 5.87. The van der Waals surface area contributed by atoms with Crippen LogP contribution in [0, 0.1) is 0 Å². The van der Waals surface area contributed by atoms with Gasteiger partial charge >= 0.3 is 0 Å². The van der Waals surface area contributed by atoms with Crippen LogP contribution in [-0.2, 0) is 4.74 Å². The molecule has 1 heterocycles. The van der Waals surface area contributed by atoms with Crippen LogP contribution in [0.25, 0.3) is 0 Å². The predicted molar refractivity (Wildman–Crippen MR) is 103 cm³/mol. The van der Waals surface area contributed by atoms with Gasteiger partial charge in [0.05, 0.1) is 12.2 Å². The minimum Gasteiger partial charge on any atom is -0.373 e. The number of para-hydroxylation sites is 1. The molecule has 2 rings (SSSR count). The lowest BCUT2D eigenvalue weighted by atomic mass is 10.2. The van der Waals surface area contributed by atoms with Gasteiger partial charge in [-0.2, -0.15) is 0 Å². The highest BCUT2D eigenvalue weighted by atomic mass is 127. The Balaban J connectivity index is 0.00000242. The number of anilines is 1. The van der Waals surface area contributed by atoms with E-state index >= 15 is 0 Å². The molecule has 1 saturated heterocycles. The van der Waals surface area contributed by atoms with Gasteiger partial charge in [0.15, 0.2) is 5.96 Å². The van der Waals surface area contributed by atoms with E-state index in [1.165, 1.54) is 0 Å². The van der Waals surface area contributed by atoms with Gasteiger partial charge in [0.25, 0.3) is 0 Å². The van der Waals surface area contributed by atoms with Crippen LogP contribution in [0.5, 0.6) is 0 Å². The highest BCUT2D eigenvalue weighted by Gasteiger charge is 2.21. The maximum Gasteiger partial charge on any atom is 0.193 e. The van der Waals surface area contributed by atoms with Crippen LogP contribution in [0.2, 0.25) is 0 Å². The Kier molecular flexibility index (Phi) is 8.74. The number of hydrogen-bond acceptors (Lipinski definition) is 3. The van der Waals surface area contributed by atoms with E-state index in [1.54, 1.807) is 0 Å². The topological polar surface area (TPSA) is 62.9 Å². The second-order valence-corrected chi connectivity index (χ2v) is 5.63. The second kappa shape index (κ2) is 10.0. The lowest BCUT2D eigenvalue weighted by molar-refractivity contribution is -0.0679. The average molecular weight is 418 g/mol. The van der Waals surface area contributed by atoms with Crippen LogP contribution >= 0.6 is 24.0 Å². The third-order valence-electron chi connectivity index (χ3n) is 3.46. The first-order valence-corrected chi connectivity index (χ1v) is 7.63. The quantitative estimate of drug-likeness (QED) is 0.334. The van der Waals surface area contributed by atoms with Gasteiger partial charge in [0, 0.05) is 31.9 Å². The fourth-order valence-corrected chi connectivity index (χ4v) is 2.67. The molecule has 2 atom stereocenters. The van der Waals surface area contributed by atoms with Gasteiger partial charge in [-0.3, -0.25) is 9.89 Å². The van der Waals surface area contributed by atoms with Crippen LogP contribution < -0.4 is 11.1 Å². The Hall–Kier alpha value is -0.860. The molecule has 2 unspecified atom stereocenters. The summed E-state index contributed by atoms with van der Waals surface area (Å²) in [5.41, 5.74) is 6.84. The average Bonchev–Trinajstić information content (AvgIpc) is 2.44. The molecule has 3 N–H and O–H groups in total. The van der Waals surface area contributed by atoms with Crippen molar-refractivity contribution in [1.82, 2.24) is 4.90 Å². The van der Waals surface area contributed by atoms with E-state index in [0.717, 1.165) is 38.3 Å². The number of nitrogens with two attached hydrogens (primary N) is 1. The van der Waals surface area contributed by atoms with Gasteiger partial charge < -0.3 is 15.8 Å². The summed E-state index contributed by atoms with van der Waals surface area (Å²) in [5, 5.41) is 3.09. The summed E-state index contributed by atoms with van der Waals surface area (Å²) >= 11 is 0. The summed E-state index contributed by atoms with van der Waals surface area (Å²) in [7, 11) is 0. The fraction of sp³-hybridized carbons (Fsp3) is 0.562. The van der Waals surface area contributed by atoms with Gasteiger partial charge in [0.2, 0.25) is 0 Å². The molecule has 1 fully saturated rings. The van der Waals surface area contributed by atoms with Gasteiger partial charge in [-0.15, -0.1) is 24.0 Å². The van der Waals surface area contributed by atoms with Crippen LogP contribution in [0.4, 0.5) is 5.69 Å². The molecule has 1 aromatic rings. The molecule has 1 aromatic carbocycles. The van der Waals surface area contributed by atoms with Crippen molar-refractivity contribution in [1.29, 1.82) is 0 Å². The second-order valence-electron chi connectivity index (χ2n) is 5.63. The van der Waals surface area contributed by atoms with Crippen LogP contribution in [-0.4, -0.2) is 49.2 Å². The lowest BCUT2D eigenvalue weighted by Crippen LogP contribution is -2.45. The molecule has 5 nitrogen and oxygen atoms in total. The molecule has 0 spiro atoms. The lowest BCUT2D eigenvalue weighted by Gasteiger charge is -2.35. The SMILES string of the molecule is CC1CN(CCCN=C(N)Nc2ccccc2)CC(C)O1.I. The Morgan fingerprint density at radius 1 is 1.27 bits per heavy atom. The molecule has 22 heavy (non-hydrogen) atoms. The summed E-state index contributed by atoms with van der Waals surface area (Å²) in [5.74, 6) is 0.477. The van der Waals surface area contributed by atoms with E-state index in [-0.39, 0.29) is 24.0 Å². The van der Waals surface area contributed by atoms with E-state index in [2.05, 4.69) is 29.1 Å². The Morgan fingerprint density at radius 3 is 2.55 bits per heavy atom. The van der Waals surface area contributed by atoms with Crippen LogP contribution in [0.3, 0.4) is 0 Å². The molecule has 0 bridgehead atoms. The first-order valence-electron chi connectivity index (χ1n) is 7.63. The molecular formula is C16H27IN4O. The monoisotopic (exact) mass is 418 g/mol. The van der Waals surface area contributed by atoms with Crippen molar-refractivity contribution < 1.29 is 4.74 Å². The highest BCUT2D eigenvalue weighted by Crippen LogP contribution is 2.10. The number of ether oxygens (including phenoxy) is 1. The Labute approximate surface area is 150 Å². The van der Waals surface area contributed by atoms with Crippen molar-refractivity contribution >= 4 is 35.6 Å². The Bertz CT molecular complexity index is 445. The normalized spacial score (nSPS) is 22.9. The van der Waals surface area contributed by atoms with Crippen molar-refractivity contribution in [2.45, 2.75) is 32.5 Å². The van der Waals surface area contributed by atoms with E-state index in [1.807, 2.05) is 30.3 Å². The molecule has 0 aliphatic carbocycles. The van der Waals surface area contributed by atoms with E-state index in [0.29, 0.717) is 18.2 Å². The van der Waals surface area contributed by atoms with Crippen LogP contribution in [0.1, 0.15) is 20.3 Å². The number of benzene rings is 1. The molecule has 0 amide bonds. The Morgan fingerprint density at radius 2 is 1.91 bits per heavy atom. The molecule has 6 heteroatoms. The van der Waals surface area contributed by atoms with Gasteiger partial charge in [0.1, 0.15) is 0 Å². The highest BCUT2D eigenvalue weighted by molar-refractivity contribution is 14.0. The van der Waals surface area contributed by atoms with Crippen LogP contribution in [0.15, 0.2) is 35.3 Å². The smallest absolute Gasteiger partial charge is 0.193 e. The predicted octanol–water partition coefficient (Wildman–Crippen LogP) is 2.53. The number of nitrogens with one attached hydrogen (secondary N) is 1. The maximum atomic E-state index is 5.87. The number of halogens is 1. The third-order valence-corrected chi connectivity index (χ3v) is 3.46. The van der Waals surface area contributed by atoms with E-state index in [4.69, 9.17) is 10.5 Å². The van der Waals surface area contributed by atoms with Crippen molar-refractivity contribution in [2.75, 3.05) is 31.5 Å². The molecule has 0 saturated carbocycles. The first-order chi connectivity index (χ1) is 10.1. The fourth-order valence-electron chi connectivity index (χ4n) is 2.67. The van der Waals surface area contributed by atoms with Gasteiger partial charge in [-0.1, -0.05) is 18.2 Å². The summed E-state index contributed by atoms with van der Waals surface area (Å²) in [6.07, 6.45) is 1.65. The number of nitrogens with zero attached hydrogens (tertiary/aromatic N) is 2. The molecule has 124 valence electrons. The zero-order chi connectivity index (χ0) is 15.1. The van der Waals surface area contributed by atoms with Crippen molar-refractivity contribution in [3.05, 3.63) is 30.3 Å². The van der Waals surface area contributed by atoms with Crippen molar-refractivity contribution in [3.8, 4) is 0 Å². The number of guanidine groups is 1. The number of aliphatic imine (C=N–C) groups is 1. The summed E-state index contributed by atoms with van der Waals surface area (Å²) in [4.78, 5) is 6.81. The van der Waals surface area contributed by atoms with Gasteiger partial charge in [-0.25, -0.2) is 0 Å². The minimum absolute atomic E-state index is 0. The third kappa shape index (κ3) is 6.93. The number of hydrogen-bond donors (Lipinski definition) is 2. The molecular weight excluding hydrogens is 391 g/mol. The number of rotatable bonds is 5.